The van der Waals surface area contributed by atoms with Gasteiger partial charge in [0.25, 0.3) is 0 Å². The van der Waals surface area contributed by atoms with E-state index < -0.39 is 10.8 Å². The van der Waals surface area contributed by atoms with Crippen LogP contribution in [0.5, 0.6) is 0 Å². The fraction of sp³-hybridized carbons (Fsp3) is 0.367. The number of aryl methyl sites for hydroxylation is 1. The molecule has 184 valence electrons. The van der Waals surface area contributed by atoms with Crippen LogP contribution in [0.4, 0.5) is 8.78 Å². The lowest BCUT2D eigenvalue weighted by molar-refractivity contribution is 0.193. The lowest BCUT2D eigenvalue weighted by atomic mass is 9.56. The highest BCUT2D eigenvalue weighted by atomic mass is 19.1. The van der Waals surface area contributed by atoms with Gasteiger partial charge in [0.2, 0.25) is 0 Å². The van der Waals surface area contributed by atoms with Crippen LogP contribution in [0.15, 0.2) is 83.4 Å². The topological polar surface area (TPSA) is 38.4 Å². The van der Waals surface area contributed by atoms with Gasteiger partial charge in [-0.3, -0.25) is 4.99 Å². The van der Waals surface area contributed by atoms with E-state index in [1.54, 1.807) is 24.3 Å². The third kappa shape index (κ3) is 6.81. The Morgan fingerprint density at radius 3 is 2.49 bits per heavy atom. The molecule has 2 radical (unpaired) electrons. The number of nitrogens with zero attached hydrogens (tertiary/aromatic N) is 1. The highest BCUT2D eigenvalue weighted by Gasteiger charge is 2.48. The monoisotopic (exact) mass is 474 g/mol. The SMILES string of the molecule is [B]c1ccc(C(CCC)(CN=CN)C(C)(C)C(=C)/C=C\C(=C/C)CCc2cccc(F)c2)c(F)c1. The molecular weight excluding hydrogens is 437 g/mol. The van der Waals surface area contributed by atoms with E-state index in [9.17, 15) is 4.39 Å². The van der Waals surface area contributed by atoms with Gasteiger partial charge in [-0.15, -0.1) is 0 Å². The Balaban J connectivity index is 2.38. The maximum absolute atomic E-state index is 15.3. The Morgan fingerprint density at radius 2 is 1.89 bits per heavy atom. The van der Waals surface area contributed by atoms with E-state index in [4.69, 9.17) is 13.6 Å². The minimum absolute atomic E-state index is 0.225. The van der Waals surface area contributed by atoms with Crippen molar-refractivity contribution in [3.05, 3.63) is 101 Å². The summed E-state index contributed by atoms with van der Waals surface area (Å²) in [5.41, 5.74) is 8.28. The standard InChI is InChI=1S/C30H37BF2N2/c1-6-17-30(20-35-21-34,27-16-15-25(31)19-28(27)33)29(4,5)22(3)11-12-23(7-2)13-14-24-9-8-10-26(32)18-24/h7-12,15-16,18-19,21H,3,6,13-14,17,20H2,1-2,4-5H3,(H2,34,35)/b12-11-,23-7+. The van der Waals surface area contributed by atoms with E-state index in [0.29, 0.717) is 24.0 Å². The zero-order valence-corrected chi connectivity index (χ0v) is 21.5. The number of rotatable bonds is 12. The van der Waals surface area contributed by atoms with E-state index in [1.807, 2.05) is 31.2 Å². The summed E-state index contributed by atoms with van der Waals surface area (Å²) in [4.78, 5) is 4.38. The van der Waals surface area contributed by atoms with Crippen molar-refractivity contribution in [3.8, 4) is 0 Å². The zero-order chi connectivity index (χ0) is 26.1. The number of hydrogen-bond acceptors (Lipinski definition) is 1. The van der Waals surface area contributed by atoms with Crippen molar-refractivity contribution >= 4 is 19.6 Å². The third-order valence-electron chi connectivity index (χ3n) is 7.11. The molecule has 0 aliphatic carbocycles. The molecule has 0 amide bonds. The van der Waals surface area contributed by atoms with Crippen LogP contribution >= 0.6 is 0 Å². The van der Waals surface area contributed by atoms with E-state index in [1.165, 1.54) is 18.5 Å². The van der Waals surface area contributed by atoms with Crippen molar-refractivity contribution in [3.63, 3.8) is 0 Å². The van der Waals surface area contributed by atoms with Crippen LogP contribution in [-0.2, 0) is 11.8 Å². The molecular formula is C30H37BF2N2. The van der Waals surface area contributed by atoms with Gasteiger partial charge >= 0.3 is 0 Å². The van der Waals surface area contributed by atoms with Gasteiger partial charge in [-0.25, -0.2) is 8.78 Å². The molecule has 0 aliphatic rings. The Labute approximate surface area is 211 Å². The highest BCUT2D eigenvalue weighted by Crippen LogP contribution is 2.50. The third-order valence-corrected chi connectivity index (χ3v) is 7.11. The molecule has 5 heteroatoms. The first-order valence-electron chi connectivity index (χ1n) is 12.1. The number of nitrogens with two attached hydrogens (primary N) is 1. The van der Waals surface area contributed by atoms with Crippen LogP contribution < -0.4 is 11.2 Å². The molecule has 0 heterocycles. The molecule has 0 fully saturated rings. The average molecular weight is 474 g/mol. The van der Waals surface area contributed by atoms with Crippen LogP contribution in [0.2, 0.25) is 0 Å². The predicted octanol–water partition coefficient (Wildman–Crippen LogP) is 6.50. The number of benzene rings is 2. The largest absolute Gasteiger partial charge is 0.390 e. The van der Waals surface area contributed by atoms with Gasteiger partial charge in [0.05, 0.1) is 12.9 Å². The first-order valence-corrected chi connectivity index (χ1v) is 12.1. The molecule has 2 nitrogen and oxygen atoms in total. The maximum Gasteiger partial charge on any atom is 0.126 e. The lowest BCUT2D eigenvalue weighted by Gasteiger charge is -2.47. The number of aliphatic imine (C=N–C) groups is 1. The van der Waals surface area contributed by atoms with Crippen molar-refractivity contribution in [2.24, 2.45) is 16.1 Å². The summed E-state index contributed by atoms with van der Waals surface area (Å²) in [6.07, 6.45) is 10.4. The molecule has 2 rings (SSSR count). The Kier molecular flexibility index (Phi) is 10.2. The predicted molar refractivity (Wildman–Crippen MR) is 146 cm³/mol. The second kappa shape index (κ2) is 12.7. The first-order chi connectivity index (χ1) is 16.6. The average Bonchev–Trinajstić information content (AvgIpc) is 2.81. The molecule has 0 spiro atoms. The summed E-state index contributed by atoms with van der Waals surface area (Å²) in [7, 11) is 5.84. The fourth-order valence-electron chi connectivity index (χ4n) is 4.73. The normalized spacial score (nSPS) is 14.5. The van der Waals surface area contributed by atoms with Gasteiger partial charge in [0.15, 0.2) is 0 Å². The summed E-state index contributed by atoms with van der Waals surface area (Å²) in [6, 6.07) is 11.5. The summed E-state index contributed by atoms with van der Waals surface area (Å²) in [5, 5.41) is 0. The molecule has 0 aromatic heterocycles. The summed E-state index contributed by atoms with van der Waals surface area (Å²) in [6.45, 7) is 13.0. The smallest absolute Gasteiger partial charge is 0.126 e. The summed E-state index contributed by atoms with van der Waals surface area (Å²) in [5.74, 6) is -0.572. The van der Waals surface area contributed by atoms with Crippen LogP contribution in [0.1, 0.15) is 58.1 Å². The quantitative estimate of drug-likeness (QED) is 0.162. The van der Waals surface area contributed by atoms with Crippen molar-refractivity contribution in [1.82, 2.24) is 0 Å². The van der Waals surface area contributed by atoms with Gasteiger partial charge in [0.1, 0.15) is 19.5 Å². The molecule has 0 aliphatic heterocycles. The van der Waals surface area contributed by atoms with E-state index in [-0.39, 0.29) is 11.6 Å². The Morgan fingerprint density at radius 1 is 1.14 bits per heavy atom. The van der Waals surface area contributed by atoms with E-state index >= 15 is 4.39 Å². The highest BCUT2D eigenvalue weighted by molar-refractivity contribution is 6.32. The summed E-state index contributed by atoms with van der Waals surface area (Å²) < 4.78 is 28.8. The number of allylic oxidation sites excluding steroid dienone is 5. The molecule has 0 saturated heterocycles. The molecule has 35 heavy (non-hydrogen) atoms. The van der Waals surface area contributed by atoms with Gasteiger partial charge in [-0.05, 0) is 61.1 Å². The van der Waals surface area contributed by atoms with E-state index in [2.05, 4.69) is 32.3 Å². The minimum Gasteiger partial charge on any atom is -0.390 e. The second-order valence-corrected chi connectivity index (χ2v) is 9.54. The second-order valence-electron chi connectivity index (χ2n) is 9.54. The van der Waals surface area contributed by atoms with Gasteiger partial charge in [0, 0.05) is 10.8 Å². The fourth-order valence-corrected chi connectivity index (χ4v) is 4.73. The van der Waals surface area contributed by atoms with Crippen LogP contribution in [0, 0.1) is 17.0 Å². The van der Waals surface area contributed by atoms with Gasteiger partial charge < -0.3 is 5.73 Å². The van der Waals surface area contributed by atoms with E-state index in [0.717, 1.165) is 36.0 Å². The Bertz CT molecular complexity index is 1100. The Hall–Kier alpha value is -2.95. The zero-order valence-electron chi connectivity index (χ0n) is 21.5. The molecule has 1 unspecified atom stereocenters. The number of hydrogen-bond donors (Lipinski definition) is 1. The first kappa shape index (κ1) is 28.3. The van der Waals surface area contributed by atoms with Gasteiger partial charge in [-0.1, -0.05) is 87.3 Å². The lowest BCUT2D eigenvalue weighted by Crippen LogP contribution is -2.46. The molecule has 2 N–H and O–H groups in total. The molecule has 1 atom stereocenters. The van der Waals surface area contributed by atoms with Crippen LogP contribution in [0.25, 0.3) is 0 Å². The maximum atomic E-state index is 15.3. The summed E-state index contributed by atoms with van der Waals surface area (Å²) >= 11 is 0. The minimum atomic E-state index is -0.672. The molecule has 0 bridgehead atoms. The molecule has 0 saturated carbocycles. The number of halogens is 2. The molecule has 2 aromatic carbocycles. The van der Waals surface area contributed by atoms with Crippen LogP contribution in [0.3, 0.4) is 0 Å². The van der Waals surface area contributed by atoms with Gasteiger partial charge in [-0.2, -0.15) is 0 Å². The van der Waals surface area contributed by atoms with Crippen molar-refractivity contribution in [2.45, 2.75) is 58.8 Å². The van der Waals surface area contributed by atoms with Crippen LogP contribution in [-0.4, -0.2) is 20.7 Å². The van der Waals surface area contributed by atoms with Crippen molar-refractivity contribution in [2.75, 3.05) is 6.54 Å². The molecule has 2 aromatic rings. The van der Waals surface area contributed by atoms with Crippen molar-refractivity contribution < 1.29 is 8.78 Å². The van der Waals surface area contributed by atoms with Crippen molar-refractivity contribution in [1.29, 1.82) is 0 Å².